The molecule has 2 rings (SSSR count). The molecular weight excluding hydrogens is 386 g/mol. The minimum absolute atomic E-state index is 0.566. The SMILES string of the molecule is CCCOCCOc1c(Br)cc(CNC2CC2)cc1Br. The Labute approximate surface area is 137 Å². The molecule has 112 valence electrons. The molecule has 20 heavy (non-hydrogen) atoms. The first-order valence-electron chi connectivity index (χ1n) is 7.12. The lowest BCUT2D eigenvalue weighted by atomic mass is 10.2. The molecule has 0 amide bonds. The normalized spacial score (nSPS) is 14.6. The highest BCUT2D eigenvalue weighted by Gasteiger charge is 2.20. The van der Waals surface area contributed by atoms with Crippen LogP contribution in [0.5, 0.6) is 5.75 Å². The van der Waals surface area contributed by atoms with Crippen molar-refractivity contribution in [3.05, 3.63) is 26.6 Å². The minimum Gasteiger partial charge on any atom is -0.489 e. The number of rotatable bonds is 9. The van der Waals surface area contributed by atoms with E-state index in [4.69, 9.17) is 9.47 Å². The molecule has 0 atom stereocenters. The van der Waals surface area contributed by atoms with E-state index in [1.54, 1.807) is 0 Å². The Balaban J connectivity index is 1.84. The van der Waals surface area contributed by atoms with Gasteiger partial charge in [0.15, 0.2) is 0 Å². The lowest BCUT2D eigenvalue weighted by Gasteiger charge is -2.13. The summed E-state index contributed by atoms with van der Waals surface area (Å²) in [7, 11) is 0. The fourth-order valence-electron chi connectivity index (χ4n) is 1.85. The van der Waals surface area contributed by atoms with Gasteiger partial charge in [0, 0.05) is 19.2 Å². The Morgan fingerprint density at radius 1 is 1.15 bits per heavy atom. The van der Waals surface area contributed by atoms with Gasteiger partial charge in [-0.25, -0.2) is 0 Å². The molecule has 1 aliphatic rings. The summed E-state index contributed by atoms with van der Waals surface area (Å²) in [5.41, 5.74) is 1.25. The lowest BCUT2D eigenvalue weighted by Crippen LogP contribution is -2.15. The molecule has 0 unspecified atom stereocenters. The van der Waals surface area contributed by atoms with E-state index in [0.717, 1.165) is 40.3 Å². The van der Waals surface area contributed by atoms with Gasteiger partial charge in [0.2, 0.25) is 0 Å². The Kier molecular flexibility index (Phi) is 6.81. The Morgan fingerprint density at radius 3 is 2.45 bits per heavy atom. The maximum Gasteiger partial charge on any atom is 0.147 e. The average Bonchev–Trinajstić information content (AvgIpc) is 3.23. The molecule has 1 aromatic rings. The van der Waals surface area contributed by atoms with Crippen LogP contribution in [0.4, 0.5) is 0 Å². The molecule has 0 bridgehead atoms. The molecule has 1 saturated carbocycles. The highest BCUT2D eigenvalue weighted by molar-refractivity contribution is 9.11. The van der Waals surface area contributed by atoms with Crippen molar-refractivity contribution >= 4 is 31.9 Å². The third-order valence-corrected chi connectivity index (χ3v) is 4.23. The molecule has 3 nitrogen and oxygen atoms in total. The summed E-state index contributed by atoms with van der Waals surface area (Å²) in [6.07, 6.45) is 3.65. The summed E-state index contributed by atoms with van der Waals surface area (Å²) >= 11 is 7.16. The second-order valence-electron chi connectivity index (χ2n) is 5.00. The van der Waals surface area contributed by atoms with E-state index in [1.165, 1.54) is 18.4 Å². The first kappa shape index (κ1) is 16.3. The van der Waals surface area contributed by atoms with Crippen LogP contribution in [0.2, 0.25) is 0 Å². The van der Waals surface area contributed by atoms with Crippen molar-refractivity contribution in [2.24, 2.45) is 0 Å². The Bertz CT molecular complexity index is 413. The third kappa shape index (κ3) is 5.35. The summed E-state index contributed by atoms with van der Waals surface area (Å²) in [6, 6.07) is 4.95. The number of halogens is 2. The number of hydrogen-bond acceptors (Lipinski definition) is 3. The zero-order valence-corrected chi connectivity index (χ0v) is 14.9. The van der Waals surface area contributed by atoms with Crippen LogP contribution in [-0.2, 0) is 11.3 Å². The molecule has 0 heterocycles. The molecule has 1 fully saturated rings. The van der Waals surface area contributed by atoms with E-state index in [1.807, 2.05) is 0 Å². The van der Waals surface area contributed by atoms with Crippen molar-refractivity contribution in [2.75, 3.05) is 19.8 Å². The standard InChI is InChI=1S/C15H21Br2NO2/c1-2-5-19-6-7-20-15-13(16)8-11(9-14(15)17)10-18-12-3-4-12/h8-9,12,18H,2-7,10H2,1H3. The second kappa shape index (κ2) is 8.37. The quantitative estimate of drug-likeness (QED) is 0.621. The van der Waals surface area contributed by atoms with Crippen molar-refractivity contribution in [3.8, 4) is 5.75 Å². The van der Waals surface area contributed by atoms with Crippen molar-refractivity contribution in [2.45, 2.75) is 38.8 Å². The van der Waals surface area contributed by atoms with E-state index in [2.05, 4.69) is 56.2 Å². The van der Waals surface area contributed by atoms with Gasteiger partial charge in [-0.15, -0.1) is 0 Å². The molecule has 0 saturated heterocycles. The smallest absolute Gasteiger partial charge is 0.147 e. The van der Waals surface area contributed by atoms with Gasteiger partial charge < -0.3 is 14.8 Å². The third-order valence-electron chi connectivity index (χ3n) is 3.05. The van der Waals surface area contributed by atoms with Gasteiger partial charge in [0.05, 0.1) is 15.6 Å². The number of benzene rings is 1. The maximum atomic E-state index is 5.77. The summed E-state index contributed by atoms with van der Waals surface area (Å²) in [5.74, 6) is 0.847. The number of nitrogens with one attached hydrogen (secondary N) is 1. The zero-order chi connectivity index (χ0) is 14.4. The van der Waals surface area contributed by atoms with E-state index in [-0.39, 0.29) is 0 Å². The maximum absolute atomic E-state index is 5.77. The molecule has 1 aromatic carbocycles. The van der Waals surface area contributed by atoms with Crippen molar-refractivity contribution in [1.82, 2.24) is 5.32 Å². The molecule has 5 heteroatoms. The number of hydrogen-bond donors (Lipinski definition) is 1. The molecule has 0 aromatic heterocycles. The molecule has 0 spiro atoms. The summed E-state index contributed by atoms with van der Waals surface area (Å²) < 4.78 is 13.1. The first-order chi connectivity index (χ1) is 9.70. The van der Waals surface area contributed by atoms with Crippen LogP contribution >= 0.6 is 31.9 Å². The summed E-state index contributed by atoms with van der Waals surface area (Å²) in [5, 5.41) is 3.51. The van der Waals surface area contributed by atoms with E-state index < -0.39 is 0 Å². The second-order valence-corrected chi connectivity index (χ2v) is 6.71. The van der Waals surface area contributed by atoms with Crippen LogP contribution < -0.4 is 10.1 Å². The molecular formula is C15H21Br2NO2. The van der Waals surface area contributed by atoms with Crippen LogP contribution in [0.15, 0.2) is 21.1 Å². The molecule has 0 aliphatic heterocycles. The van der Waals surface area contributed by atoms with E-state index >= 15 is 0 Å². The highest BCUT2D eigenvalue weighted by atomic mass is 79.9. The van der Waals surface area contributed by atoms with Gasteiger partial charge in [-0.05, 0) is 68.8 Å². The van der Waals surface area contributed by atoms with Crippen molar-refractivity contribution in [1.29, 1.82) is 0 Å². The predicted molar refractivity (Wildman–Crippen MR) is 88.3 cm³/mol. The van der Waals surface area contributed by atoms with Crippen LogP contribution in [0.3, 0.4) is 0 Å². The van der Waals surface area contributed by atoms with Gasteiger partial charge in [0.1, 0.15) is 12.4 Å². The molecule has 1 aliphatic carbocycles. The zero-order valence-electron chi connectivity index (χ0n) is 11.8. The first-order valence-corrected chi connectivity index (χ1v) is 8.71. The predicted octanol–water partition coefficient (Wildman–Crippen LogP) is 4.27. The largest absolute Gasteiger partial charge is 0.489 e. The van der Waals surface area contributed by atoms with Crippen molar-refractivity contribution in [3.63, 3.8) is 0 Å². The summed E-state index contributed by atoms with van der Waals surface area (Å²) in [4.78, 5) is 0. The fraction of sp³-hybridized carbons (Fsp3) is 0.600. The molecule has 0 radical (unpaired) electrons. The van der Waals surface area contributed by atoms with E-state index in [9.17, 15) is 0 Å². The Hall–Kier alpha value is -0.100. The number of ether oxygens (including phenoxy) is 2. The van der Waals surface area contributed by atoms with Crippen LogP contribution in [0.1, 0.15) is 31.7 Å². The van der Waals surface area contributed by atoms with Gasteiger partial charge in [0.25, 0.3) is 0 Å². The van der Waals surface area contributed by atoms with Gasteiger partial charge in [-0.3, -0.25) is 0 Å². The van der Waals surface area contributed by atoms with Gasteiger partial charge in [-0.2, -0.15) is 0 Å². The summed E-state index contributed by atoms with van der Waals surface area (Å²) in [6.45, 7) is 4.98. The highest BCUT2D eigenvalue weighted by Crippen LogP contribution is 2.35. The Morgan fingerprint density at radius 2 is 1.85 bits per heavy atom. The lowest BCUT2D eigenvalue weighted by molar-refractivity contribution is 0.100. The van der Waals surface area contributed by atoms with Crippen LogP contribution in [0, 0.1) is 0 Å². The minimum atomic E-state index is 0.566. The van der Waals surface area contributed by atoms with Crippen molar-refractivity contribution < 1.29 is 9.47 Å². The average molecular weight is 407 g/mol. The van der Waals surface area contributed by atoms with Gasteiger partial charge >= 0.3 is 0 Å². The van der Waals surface area contributed by atoms with Gasteiger partial charge in [-0.1, -0.05) is 6.92 Å². The molecule has 1 N–H and O–H groups in total. The monoisotopic (exact) mass is 405 g/mol. The fourth-order valence-corrected chi connectivity index (χ4v) is 3.36. The van der Waals surface area contributed by atoms with Crippen LogP contribution in [-0.4, -0.2) is 25.9 Å². The van der Waals surface area contributed by atoms with Crippen LogP contribution in [0.25, 0.3) is 0 Å². The van der Waals surface area contributed by atoms with E-state index in [0.29, 0.717) is 13.2 Å². The topological polar surface area (TPSA) is 30.5 Å².